The predicted octanol–water partition coefficient (Wildman–Crippen LogP) is 2.88. The molecular formula is C16H24N2. The van der Waals surface area contributed by atoms with Crippen molar-refractivity contribution < 1.29 is 0 Å². The van der Waals surface area contributed by atoms with Crippen molar-refractivity contribution in [2.45, 2.75) is 45.1 Å². The minimum Gasteiger partial charge on any atom is -0.371 e. The predicted molar refractivity (Wildman–Crippen MR) is 77.0 cm³/mol. The SMILES string of the molecule is Cc1ccc2c(c1)CCCN2CC1CCC(N)C1. The molecule has 0 amide bonds. The zero-order chi connectivity index (χ0) is 12.5. The number of aryl methyl sites for hydroxylation is 2. The molecule has 1 fully saturated rings. The number of hydrogen-bond acceptors (Lipinski definition) is 2. The van der Waals surface area contributed by atoms with Crippen molar-refractivity contribution in [1.29, 1.82) is 0 Å². The van der Waals surface area contributed by atoms with Crippen LogP contribution in [-0.2, 0) is 6.42 Å². The molecule has 0 aromatic heterocycles. The van der Waals surface area contributed by atoms with Gasteiger partial charge in [0, 0.05) is 24.8 Å². The van der Waals surface area contributed by atoms with Crippen molar-refractivity contribution in [1.82, 2.24) is 0 Å². The normalized spacial score (nSPS) is 27.3. The van der Waals surface area contributed by atoms with E-state index in [1.165, 1.54) is 56.4 Å². The highest BCUT2D eigenvalue weighted by Gasteiger charge is 2.25. The summed E-state index contributed by atoms with van der Waals surface area (Å²) < 4.78 is 0. The summed E-state index contributed by atoms with van der Waals surface area (Å²) in [6.07, 6.45) is 6.31. The quantitative estimate of drug-likeness (QED) is 0.867. The van der Waals surface area contributed by atoms with E-state index in [1.807, 2.05) is 0 Å². The number of fused-ring (bicyclic) bond motifs is 1. The van der Waals surface area contributed by atoms with Crippen molar-refractivity contribution in [3.05, 3.63) is 29.3 Å². The average molecular weight is 244 g/mol. The standard InChI is InChI=1S/C16H24N2/c1-12-4-7-16-14(9-12)3-2-8-18(16)11-13-5-6-15(17)10-13/h4,7,9,13,15H,2-3,5-6,8,10-11,17H2,1H3. The zero-order valence-corrected chi connectivity index (χ0v) is 11.4. The highest BCUT2D eigenvalue weighted by molar-refractivity contribution is 5.56. The largest absolute Gasteiger partial charge is 0.371 e. The average Bonchev–Trinajstić information content (AvgIpc) is 2.75. The fourth-order valence-corrected chi connectivity index (χ4v) is 3.58. The third-order valence-corrected chi connectivity index (χ3v) is 4.51. The number of nitrogens with zero attached hydrogens (tertiary/aromatic N) is 1. The molecule has 2 nitrogen and oxygen atoms in total. The highest BCUT2D eigenvalue weighted by atomic mass is 15.1. The number of anilines is 1. The van der Waals surface area contributed by atoms with Gasteiger partial charge in [0.15, 0.2) is 0 Å². The van der Waals surface area contributed by atoms with E-state index < -0.39 is 0 Å². The van der Waals surface area contributed by atoms with Crippen molar-refractivity contribution >= 4 is 5.69 Å². The number of rotatable bonds is 2. The van der Waals surface area contributed by atoms with Gasteiger partial charge in [-0.05, 0) is 56.6 Å². The first-order valence-electron chi connectivity index (χ1n) is 7.32. The highest BCUT2D eigenvalue weighted by Crippen LogP contribution is 2.32. The van der Waals surface area contributed by atoms with Crippen LogP contribution in [0.5, 0.6) is 0 Å². The van der Waals surface area contributed by atoms with Gasteiger partial charge in [-0.25, -0.2) is 0 Å². The van der Waals surface area contributed by atoms with Crippen molar-refractivity contribution in [3.8, 4) is 0 Å². The van der Waals surface area contributed by atoms with E-state index in [-0.39, 0.29) is 0 Å². The second-order valence-corrected chi connectivity index (χ2v) is 6.12. The van der Waals surface area contributed by atoms with Gasteiger partial charge >= 0.3 is 0 Å². The molecule has 2 unspecified atom stereocenters. The molecule has 0 spiro atoms. The Morgan fingerprint density at radius 2 is 2.22 bits per heavy atom. The molecule has 1 aromatic rings. The summed E-state index contributed by atoms with van der Waals surface area (Å²) >= 11 is 0. The van der Waals surface area contributed by atoms with Gasteiger partial charge in [0.25, 0.3) is 0 Å². The van der Waals surface area contributed by atoms with Gasteiger partial charge in [0.05, 0.1) is 0 Å². The van der Waals surface area contributed by atoms with E-state index in [0.29, 0.717) is 6.04 Å². The van der Waals surface area contributed by atoms with E-state index in [2.05, 4.69) is 30.0 Å². The maximum absolute atomic E-state index is 6.03. The second kappa shape index (κ2) is 4.93. The molecule has 2 atom stereocenters. The molecule has 0 bridgehead atoms. The second-order valence-electron chi connectivity index (χ2n) is 6.12. The molecule has 18 heavy (non-hydrogen) atoms. The van der Waals surface area contributed by atoms with Crippen LogP contribution in [0.15, 0.2) is 18.2 Å². The van der Waals surface area contributed by atoms with E-state index in [1.54, 1.807) is 5.56 Å². The molecule has 3 rings (SSSR count). The molecule has 0 radical (unpaired) electrons. The topological polar surface area (TPSA) is 29.3 Å². The summed E-state index contributed by atoms with van der Waals surface area (Å²) in [5.41, 5.74) is 10.4. The maximum Gasteiger partial charge on any atom is 0.0399 e. The van der Waals surface area contributed by atoms with Crippen LogP contribution in [-0.4, -0.2) is 19.1 Å². The summed E-state index contributed by atoms with van der Waals surface area (Å²) in [5, 5.41) is 0. The first kappa shape index (κ1) is 12.0. The molecule has 0 saturated heterocycles. The maximum atomic E-state index is 6.03. The zero-order valence-electron chi connectivity index (χ0n) is 11.4. The van der Waals surface area contributed by atoms with Crippen molar-refractivity contribution in [2.24, 2.45) is 11.7 Å². The lowest BCUT2D eigenvalue weighted by Gasteiger charge is -2.33. The number of nitrogens with two attached hydrogens (primary N) is 1. The third kappa shape index (κ3) is 2.39. The Kier molecular flexibility index (Phi) is 3.29. The van der Waals surface area contributed by atoms with Crippen LogP contribution in [0.2, 0.25) is 0 Å². The Hall–Kier alpha value is -1.02. The van der Waals surface area contributed by atoms with Gasteiger partial charge in [0.2, 0.25) is 0 Å². The Morgan fingerprint density at radius 3 is 3.00 bits per heavy atom. The molecule has 98 valence electrons. The summed E-state index contributed by atoms with van der Waals surface area (Å²) in [6.45, 7) is 4.63. The fourth-order valence-electron chi connectivity index (χ4n) is 3.58. The van der Waals surface area contributed by atoms with Crippen LogP contribution in [0.4, 0.5) is 5.69 Å². The molecule has 1 heterocycles. The fraction of sp³-hybridized carbons (Fsp3) is 0.625. The van der Waals surface area contributed by atoms with Crippen LogP contribution >= 0.6 is 0 Å². The lowest BCUT2D eigenvalue weighted by atomic mass is 9.98. The van der Waals surface area contributed by atoms with Crippen LogP contribution in [0.3, 0.4) is 0 Å². The van der Waals surface area contributed by atoms with Gasteiger partial charge in [0.1, 0.15) is 0 Å². The van der Waals surface area contributed by atoms with E-state index in [0.717, 1.165) is 5.92 Å². The molecule has 2 N–H and O–H groups in total. The molecule has 2 heteroatoms. The first-order valence-corrected chi connectivity index (χ1v) is 7.32. The van der Waals surface area contributed by atoms with Crippen molar-refractivity contribution in [2.75, 3.05) is 18.0 Å². The van der Waals surface area contributed by atoms with Gasteiger partial charge < -0.3 is 10.6 Å². The Balaban J connectivity index is 1.75. The molecule has 1 aliphatic carbocycles. The molecule has 1 aromatic carbocycles. The third-order valence-electron chi connectivity index (χ3n) is 4.51. The molecule has 2 aliphatic rings. The minimum atomic E-state index is 0.456. The lowest BCUT2D eigenvalue weighted by Crippen LogP contribution is -2.33. The van der Waals surface area contributed by atoms with E-state index in [4.69, 9.17) is 5.73 Å². The van der Waals surface area contributed by atoms with E-state index in [9.17, 15) is 0 Å². The molecular weight excluding hydrogens is 220 g/mol. The van der Waals surface area contributed by atoms with E-state index >= 15 is 0 Å². The Labute approximate surface area is 110 Å². The Bertz CT molecular complexity index is 427. The molecule has 1 saturated carbocycles. The van der Waals surface area contributed by atoms with Crippen LogP contribution in [0.25, 0.3) is 0 Å². The van der Waals surface area contributed by atoms with Gasteiger partial charge in [-0.3, -0.25) is 0 Å². The summed E-state index contributed by atoms with van der Waals surface area (Å²) in [4.78, 5) is 2.60. The number of hydrogen-bond donors (Lipinski definition) is 1. The van der Waals surface area contributed by atoms with Gasteiger partial charge in [-0.1, -0.05) is 17.7 Å². The molecule has 1 aliphatic heterocycles. The summed E-state index contributed by atoms with van der Waals surface area (Å²) in [7, 11) is 0. The van der Waals surface area contributed by atoms with Crippen LogP contribution in [0, 0.1) is 12.8 Å². The van der Waals surface area contributed by atoms with Gasteiger partial charge in [-0.15, -0.1) is 0 Å². The van der Waals surface area contributed by atoms with Gasteiger partial charge in [-0.2, -0.15) is 0 Å². The minimum absolute atomic E-state index is 0.456. The smallest absolute Gasteiger partial charge is 0.0399 e. The monoisotopic (exact) mass is 244 g/mol. The van der Waals surface area contributed by atoms with Crippen molar-refractivity contribution in [3.63, 3.8) is 0 Å². The lowest BCUT2D eigenvalue weighted by molar-refractivity contribution is 0.511. The summed E-state index contributed by atoms with van der Waals surface area (Å²) in [6, 6.07) is 7.38. The van der Waals surface area contributed by atoms with Crippen LogP contribution in [0.1, 0.15) is 36.8 Å². The first-order chi connectivity index (χ1) is 8.72. The summed E-state index contributed by atoms with van der Waals surface area (Å²) in [5.74, 6) is 0.812. The Morgan fingerprint density at radius 1 is 1.33 bits per heavy atom. The van der Waals surface area contributed by atoms with Crippen LogP contribution < -0.4 is 10.6 Å². The number of benzene rings is 1.